The van der Waals surface area contributed by atoms with E-state index in [2.05, 4.69) is 24.1 Å². The van der Waals surface area contributed by atoms with Crippen molar-refractivity contribution in [3.8, 4) is 0 Å². The minimum atomic E-state index is -3.43. The van der Waals surface area contributed by atoms with Crippen LogP contribution in [0, 0.1) is 5.92 Å². The Bertz CT molecular complexity index is 734. The van der Waals surface area contributed by atoms with Crippen LogP contribution < -0.4 is 5.32 Å². The van der Waals surface area contributed by atoms with Crippen LogP contribution in [0.5, 0.6) is 0 Å². The Hall–Kier alpha value is -1.44. The van der Waals surface area contributed by atoms with Crippen molar-refractivity contribution in [1.82, 2.24) is 14.5 Å². The largest absolute Gasteiger partial charge is 0.350 e. The van der Waals surface area contributed by atoms with E-state index in [1.54, 1.807) is 12.1 Å². The third-order valence-corrected chi connectivity index (χ3v) is 7.73. The van der Waals surface area contributed by atoms with Crippen LogP contribution in [0.15, 0.2) is 29.2 Å². The monoisotopic (exact) mass is 393 g/mol. The first kappa shape index (κ1) is 20.3. The van der Waals surface area contributed by atoms with E-state index in [4.69, 9.17) is 0 Å². The van der Waals surface area contributed by atoms with Crippen LogP contribution >= 0.6 is 0 Å². The molecule has 0 aliphatic carbocycles. The van der Waals surface area contributed by atoms with Gasteiger partial charge in [0.25, 0.3) is 5.91 Å². The number of piperidine rings is 1. The Labute approximate surface area is 163 Å². The number of benzene rings is 1. The predicted molar refractivity (Wildman–Crippen MR) is 106 cm³/mol. The normalized spacial score (nSPS) is 21.3. The summed E-state index contributed by atoms with van der Waals surface area (Å²) >= 11 is 0. The van der Waals surface area contributed by atoms with Crippen LogP contribution in [0.25, 0.3) is 0 Å². The van der Waals surface area contributed by atoms with Gasteiger partial charge in [-0.1, -0.05) is 6.92 Å². The lowest BCUT2D eigenvalue weighted by atomic mass is 9.98. The highest BCUT2D eigenvalue weighted by molar-refractivity contribution is 7.89. The van der Waals surface area contributed by atoms with Gasteiger partial charge in [-0.05, 0) is 75.9 Å². The van der Waals surface area contributed by atoms with E-state index < -0.39 is 10.0 Å². The van der Waals surface area contributed by atoms with Gasteiger partial charge in [0.2, 0.25) is 10.0 Å². The Kier molecular flexibility index (Phi) is 6.55. The molecule has 6 nitrogen and oxygen atoms in total. The van der Waals surface area contributed by atoms with Gasteiger partial charge in [-0.3, -0.25) is 9.69 Å². The van der Waals surface area contributed by atoms with Crippen molar-refractivity contribution in [1.29, 1.82) is 0 Å². The molecular formula is C20H31N3O3S. The Morgan fingerprint density at radius 2 is 1.70 bits per heavy atom. The molecule has 7 heteroatoms. The van der Waals surface area contributed by atoms with Gasteiger partial charge < -0.3 is 5.32 Å². The maximum absolute atomic E-state index is 12.5. The highest BCUT2D eigenvalue weighted by Crippen LogP contribution is 2.21. The highest BCUT2D eigenvalue weighted by Gasteiger charge is 2.27. The predicted octanol–water partition coefficient (Wildman–Crippen LogP) is 2.32. The molecule has 3 rings (SSSR count). The molecule has 1 aromatic carbocycles. The Balaban J connectivity index is 1.54. The molecule has 1 amide bonds. The fourth-order valence-electron chi connectivity index (χ4n) is 3.80. The maximum Gasteiger partial charge on any atom is 0.251 e. The van der Waals surface area contributed by atoms with E-state index in [-0.39, 0.29) is 10.8 Å². The van der Waals surface area contributed by atoms with Gasteiger partial charge in [0, 0.05) is 31.2 Å². The molecule has 2 aliphatic heterocycles. The number of carbonyl (C=O) groups excluding carboxylic acids is 1. The number of sulfonamides is 1. The molecule has 0 saturated carbocycles. The van der Waals surface area contributed by atoms with Crippen LogP contribution in [-0.2, 0) is 10.0 Å². The van der Waals surface area contributed by atoms with Gasteiger partial charge in [0.1, 0.15) is 0 Å². The summed E-state index contributed by atoms with van der Waals surface area (Å²) < 4.78 is 26.6. The summed E-state index contributed by atoms with van der Waals surface area (Å²) in [7, 11) is -3.43. The summed E-state index contributed by atoms with van der Waals surface area (Å²) in [5.41, 5.74) is 0.495. The van der Waals surface area contributed by atoms with Crippen molar-refractivity contribution in [2.24, 2.45) is 5.92 Å². The number of hydrogen-bond acceptors (Lipinski definition) is 4. The third kappa shape index (κ3) is 4.89. The number of amides is 1. The van der Waals surface area contributed by atoms with Crippen molar-refractivity contribution in [2.45, 2.75) is 50.5 Å². The van der Waals surface area contributed by atoms with Crippen LogP contribution in [0.2, 0.25) is 0 Å². The van der Waals surface area contributed by atoms with E-state index in [0.717, 1.165) is 31.8 Å². The summed E-state index contributed by atoms with van der Waals surface area (Å²) in [6, 6.07) is 6.59. The van der Waals surface area contributed by atoms with E-state index >= 15 is 0 Å². The van der Waals surface area contributed by atoms with Crippen molar-refractivity contribution in [3.63, 3.8) is 0 Å². The number of rotatable bonds is 6. The molecule has 150 valence electrons. The van der Waals surface area contributed by atoms with E-state index in [1.165, 1.54) is 29.3 Å². The fourth-order valence-corrected chi connectivity index (χ4v) is 5.31. The van der Waals surface area contributed by atoms with Gasteiger partial charge in [-0.25, -0.2) is 8.42 Å². The second-order valence-corrected chi connectivity index (χ2v) is 9.85. The Morgan fingerprint density at radius 1 is 1.11 bits per heavy atom. The Morgan fingerprint density at radius 3 is 2.30 bits per heavy atom. The van der Waals surface area contributed by atoms with E-state index in [9.17, 15) is 13.2 Å². The second-order valence-electron chi connectivity index (χ2n) is 7.91. The van der Waals surface area contributed by atoms with Crippen molar-refractivity contribution in [3.05, 3.63) is 29.8 Å². The SMILES string of the molecule is CC1CCN(C(C)CNC(=O)c2ccc(S(=O)(=O)N3CCCC3)cc2)CC1. The molecule has 1 aromatic rings. The van der Waals surface area contributed by atoms with Gasteiger partial charge in [0.15, 0.2) is 0 Å². The van der Waals surface area contributed by atoms with Crippen LogP contribution in [0.1, 0.15) is 49.9 Å². The molecule has 0 spiro atoms. The van der Waals surface area contributed by atoms with E-state index in [1.807, 2.05) is 0 Å². The zero-order valence-corrected chi connectivity index (χ0v) is 17.2. The first-order valence-corrected chi connectivity index (χ1v) is 11.4. The van der Waals surface area contributed by atoms with Crippen LogP contribution in [0.4, 0.5) is 0 Å². The van der Waals surface area contributed by atoms with Crippen molar-refractivity contribution < 1.29 is 13.2 Å². The minimum Gasteiger partial charge on any atom is -0.350 e. The summed E-state index contributed by atoms with van der Waals surface area (Å²) in [5, 5.41) is 2.98. The molecule has 1 atom stereocenters. The van der Waals surface area contributed by atoms with Crippen LogP contribution in [0.3, 0.4) is 0 Å². The first-order chi connectivity index (χ1) is 12.9. The number of nitrogens with zero attached hydrogens (tertiary/aromatic N) is 2. The minimum absolute atomic E-state index is 0.155. The molecule has 0 aromatic heterocycles. The molecule has 0 bridgehead atoms. The first-order valence-electron chi connectivity index (χ1n) is 10.0. The number of likely N-dealkylation sites (tertiary alicyclic amines) is 1. The molecule has 1 N–H and O–H groups in total. The quantitative estimate of drug-likeness (QED) is 0.805. The molecule has 2 heterocycles. The maximum atomic E-state index is 12.5. The summed E-state index contributed by atoms with van der Waals surface area (Å²) in [6.07, 6.45) is 4.25. The third-order valence-electron chi connectivity index (χ3n) is 5.82. The number of nitrogens with one attached hydrogen (secondary N) is 1. The van der Waals surface area contributed by atoms with Crippen molar-refractivity contribution in [2.75, 3.05) is 32.7 Å². The summed E-state index contributed by atoms with van der Waals surface area (Å²) in [6.45, 7) is 8.36. The molecule has 27 heavy (non-hydrogen) atoms. The highest BCUT2D eigenvalue weighted by atomic mass is 32.2. The molecule has 2 aliphatic rings. The number of carbonyl (C=O) groups is 1. The number of hydrogen-bond donors (Lipinski definition) is 1. The van der Waals surface area contributed by atoms with Gasteiger partial charge in [-0.2, -0.15) is 4.31 Å². The van der Waals surface area contributed by atoms with Gasteiger partial charge in [-0.15, -0.1) is 0 Å². The van der Waals surface area contributed by atoms with Gasteiger partial charge >= 0.3 is 0 Å². The molecule has 1 unspecified atom stereocenters. The van der Waals surface area contributed by atoms with E-state index in [0.29, 0.717) is 31.2 Å². The zero-order valence-electron chi connectivity index (χ0n) is 16.4. The summed E-state index contributed by atoms with van der Waals surface area (Å²) in [5.74, 6) is 0.635. The van der Waals surface area contributed by atoms with Gasteiger partial charge in [0.05, 0.1) is 4.90 Å². The molecule has 2 saturated heterocycles. The van der Waals surface area contributed by atoms with Crippen LogP contribution in [-0.4, -0.2) is 62.3 Å². The standard InChI is InChI=1S/C20H31N3O3S/c1-16-9-13-22(14-10-16)17(2)15-21-20(24)18-5-7-19(8-6-18)27(25,26)23-11-3-4-12-23/h5-8,16-17H,3-4,9-15H2,1-2H3,(H,21,24). The average Bonchev–Trinajstić information content (AvgIpc) is 3.22. The molecule has 2 fully saturated rings. The zero-order chi connectivity index (χ0) is 19.4. The summed E-state index contributed by atoms with van der Waals surface area (Å²) in [4.78, 5) is 15.1. The molecule has 0 radical (unpaired) electrons. The van der Waals surface area contributed by atoms with Crippen molar-refractivity contribution >= 4 is 15.9 Å². The average molecular weight is 394 g/mol. The second kappa shape index (κ2) is 8.71. The molecular weight excluding hydrogens is 362 g/mol. The topological polar surface area (TPSA) is 69.7 Å². The lowest BCUT2D eigenvalue weighted by Gasteiger charge is -2.35. The lowest BCUT2D eigenvalue weighted by molar-refractivity contribution is 0.0921. The fraction of sp³-hybridized carbons (Fsp3) is 0.650. The smallest absolute Gasteiger partial charge is 0.251 e. The lowest BCUT2D eigenvalue weighted by Crippen LogP contribution is -2.45.